The van der Waals surface area contributed by atoms with Gasteiger partial charge in [-0.05, 0) is 25.1 Å². The summed E-state index contributed by atoms with van der Waals surface area (Å²) >= 11 is 0. The van der Waals surface area contributed by atoms with Crippen LogP contribution >= 0.6 is 0 Å². The molecule has 0 radical (unpaired) electrons. The third-order valence-electron chi connectivity index (χ3n) is 2.85. The minimum atomic E-state index is -1.00. The van der Waals surface area contributed by atoms with Gasteiger partial charge in [-0.3, -0.25) is 0 Å². The predicted octanol–water partition coefficient (Wildman–Crippen LogP) is 1.96. The van der Waals surface area contributed by atoms with Crippen molar-refractivity contribution >= 4 is 33.7 Å². The number of carboxylic acids is 1. The Morgan fingerprint density at radius 3 is 2.94 bits per heavy atom. The molecule has 0 aliphatic heterocycles. The second kappa shape index (κ2) is 3.43. The summed E-state index contributed by atoms with van der Waals surface area (Å²) in [5.41, 5.74) is 7.70. The van der Waals surface area contributed by atoms with E-state index in [4.69, 9.17) is 15.4 Å². The smallest absolute Gasteiger partial charge is 0.335 e. The highest BCUT2D eigenvalue weighted by Crippen LogP contribution is 2.30. The van der Waals surface area contributed by atoms with Gasteiger partial charge in [-0.25, -0.2) is 9.78 Å². The van der Waals surface area contributed by atoms with E-state index >= 15 is 0 Å². The zero-order chi connectivity index (χ0) is 12.9. The first kappa shape index (κ1) is 10.5. The summed E-state index contributed by atoms with van der Waals surface area (Å²) in [6, 6.07) is 4.59. The number of anilines is 1. The quantitative estimate of drug-likeness (QED) is 0.677. The average Bonchev–Trinajstić information content (AvgIpc) is 2.72. The predicted molar refractivity (Wildman–Crippen MR) is 65.4 cm³/mol. The summed E-state index contributed by atoms with van der Waals surface area (Å²) < 4.78 is 5.21. The van der Waals surface area contributed by atoms with Crippen molar-refractivity contribution in [3.05, 3.63) is 29.5 Å². The maximum absolute atomic E-state index is 11.0. The number of pyridine rings is 1. The van der Waals surface area contributed by atoms with Gasteiger partial charge in [-0.15, -0.1) is 0 Å². The van der Waals surface area contributed by atoms with E-state index in [2.05, 4.69) is 10.1 Å². The normalized spacial score (nSPS) is 11.2. The van der Waals surface area contributed by atoms with E-state index in [0.29, 0.717) is 33.4 Å². The molecule has 0 aliphatic rings. The number of nitrogens with two attached hydrogens (primary N) is 1. The number of hydrogen-bond donors (Lipinski definition) is 2. The number of carboxylic acid groups (broad SMARTS) is 1. The van der Waals surface area contributed by atoms with Crippen LogP contribution in [0.1, 0.15) is 16.1 Å². The topological polar surface area (TPSA) is 102 Å². The monoisotopic (exact) mass is 243 g/mol. The fourth-order valence-corrected chi connectivity index (χ4v) is 1.99. The lowest BCUT2D eigenvalue weighted by Gasteiger charge is -2.02. The van der Waals surface area contributed by atoms with Gasteiger partial charge in [0, 0.05) is 5.39 Å². The lowest BCUT2D eigenvalue weighted by molar-refractivity contribution is 0.0697. The zero-order valence-electron chi connectivity index (χ0n) is 9.47. The first-order valence-electron chi connectivity index (χ1n) is 5.26. The number of fused-ring (bicyclic) bond motifs is 3. The molecule has 0 atom stereocenters. The van der Waals surface area contributed by atoms with E-state index in [-0.39, 0.29) is 5.56 Å². The van der Waals surface area contributed by atoms with Gasteiger partial charge in [-0.1, -0.05) is 5.16 Å². The molecule has 0 saturated heterocycles. The second-order valence-electron chi connectivity index (χ2n) is 4.01. The molecular formula is C12H9N3O3. The van der Waals surface area contributed by atoms with Crippen LogP contribution in [0.4, 0.5) is 5.82 Å². The van der Waals surface area contributed by atoms with Gasteiger partial charge in [0.05, 0.1) is 22.2 Å². The van der Waals surface area contributed by atoms with Crippen molar-refractivity contribution in [2.45, 2.75) is 6.92 Å². The van der Waals surface area contributed by atoms with Gasteiger partial charge < -0.3 is 15.4 Å². The summed E-state index contributed by atoms with van der Waals surface area (Å²) in [5, 5.41) is 14.1. The fraction of sp³-hybridized carbons (Fsp3) is 0.0833. The minimum Gasteiger partial charge on any atom is -0.478 e. The van der Waals surface area contributed by atoms with Gasteiger partial charge in [0.25, 0.3) is 0 Å². The Hall–Kier alpha value is -2.63. The van der Waals surface area contributed by atoms with Crippen LogP contribution in [0.25, 0.3) is 21.9 Å². The highest BCUT2D eigenvalue weighted by molar-refractivity contribution is 6.09. The number of rotatable bonds is 1. The minimum absolute atomic E-state index is 0.171. The molecule has 2 aromatic heterocycles. The third-order valence-corrected chi connectivity index (χ3v) is 2.85. The van der Waals surface area contributed by atoms with Gasteiger partial charge in [-0.2, -0.15) is 0 Å². The van der Waals surface area contributed by atoms with E-state index in [9.17, 15) is 4.79 Å². The van der Waals surface area contributed by atoms with E-state index in [1.807, 2.05) is 0 Å². The number of carbonyl (C=O) groups is 1. The van der Waals surface area contributed by atoms with E-state index < -0.39 is 5.97 Å². The number of nitrogen functional groups attached to an aromatic ring is 1. The van der Waals surface area contributed by atoms with Crippen LogP contribution in [0.5, 0.6) is 0 Å². The van der Waals surface area contributed by atoms with Crippen LogP contribution in [-0.4, -0.2) is 21.2 Å². The second-order valence-corrected chi connectivity index (χ2v) is 4.01. The lowest BCUT2D eigenvalue weighted by Crippen LogP contribution is -1.97. The van der Waals surface area contributed by atoms with E-state index in [1.54, 1.807) is 13.0 Å². The number of aromatic carboxylic acids is 1. The Kier molecular flexibility index (Phi) is 2.00. The molecular weight excluding hydrogens is 234 g/mol. The molecule has 0 aliphatic carbocycles. The average molecular weight is 243 g/mol. The zero-order valence-corrected chi connectivity index (χ0v) is 9.47. The van der Waals surface area contributed by atoms with Crippen molar-refractivity contribution in [2.24, 2.45) is 0 Å². The first-order valence-corrected chi connectivity index (χ1v) is 5.26. The molecule has 0 fully saturated rings. The van der Waals surface area contributed by atoms with Crippen LogP contribution in [-0.2, 0) is 0 Å². The molecule has 3 aromatic rings. The van der Waals surface area contributed by atoms with Gasteiger partial charge in [0.15, 0.2) is 5.58 Å². The van der Waals surface area contributed by atoms with Crippen molar-refractivity contribution in [2.75, 3.05) is 5.73 Å². The summed E-state index contributed by atoms with van der Waals surface area (Å²) in [6.45, 7) is 1.76. The maximum Gasteiger partial charge on any atom is 0.335 e. The number of aryl methyl sites for hydroxylation is 1. The SMILES string of the molecule is Cc1noc2c1c(N)nc1ccc(C(=O)O)cc12. The van der Waals surface area contributed by atoms with Crippen molar-refractivity contribution in [3.63, 3.8) is 0 Å². The van der Waals surface area contributed by atoms with Crippen LogP contribution in [0.2, 0.25) is 0 Å². The molecule has 90 valence electrons. The van der Waals surface area contributed by atoms with Gasteiger partial charge in [0.1, 0.15) is 5.82 Å². The highest BCUT2D eigenvalue weighted by atomic mass is 16.5. The summed E-state index contributed by atoms with van der Waals surface area (Å²) in [7, 11) is 0. The lowest BCUT2D eigenvalue weighted by atomic mass is 10.1. The number of benzene rings is 1. The van der Waals surface area contributed by atoms with Gasteiger partial charge >= 0.3 is 5.97 Å². The molecule has 0 bridgehead atoms. The van der Waals surface area contributed by atoms with Crippen molar-refractivity contribution in [1.82, 2.24) is 10.1 Å². The van der Waals surface area contributed by atoms with Crippen molar-refractivity contribution in [3.8, 4) is 0 Å². The number of aromatic nitrogens is 2. The Balaban J connectivity index is 2.50. The maximum atomic E-state index is 11.0. The Morgan fingerprint density at radius 2 is 2.22 bits per heavy atom. The molecule has 6 nitrogen and oxygen atoms in total. The molecule has 18 heavy (non-hydrogen) atoms. The first-order chi connectivity index (χ1) is 8.58. The number of hydrogen-bond acceptors (Lipinski definition) is 5. The highest BCUT2D eigenvalue weighted by Gasteiger charge is 2.15. The molecule has 2 heterocycles. The van der Waals surface area contributed by atoms with Crippen LogP contribution in [0.15, 0.2) is 22.7 Å². The Labute approximate surface area is 101 Å². The summed E-state index contributed by atoms with van der Waals surface area (Å²) in [4.78, 5) is 15.2. The van der Waals surface area contributed by atoms with Crippen molar-refractivity contribution < 1.29 is 14.4 Å². The molecule has 3 N–H and O–H groups in total. The third kappa shape index (κ3) is 1.32. The molecule has 0 unspecified atom stereocenters. The molecule has 0 saturated carbocycles. The van der Waals surface area contributed by atoms with Crippen molar-refractivity contribution in [1.29, 1.82) is 0 Å². The molecule has 3 rings (SSSR count). The van der Waals surface area contributed by atoms with Crippen LogP contribution in [0, 0.1) is 6.92 Å². The van der Waals surface area contributed by atoms with Gasteiger partial charge in [0.2, 0.25) is 0 Å². The molecule has 0 spiro atoms. The van der Waals surface area contributed by atoms with E-state index in [1.165, 1.54) is 12.1 Å². The fourth-order valence-electron chi connectivity index (χ4n) is 1.99. The standard InChI is InChI=1S/C12H9N3O3/c1-5-9-10(18-15-5)7-4-6(12(16)17)2-3-8(7)14-11(9)13/h2-4H,1H3,(H2,13,14)(H,16,17). The molecule has 6 heteroatoms. The van der Waals surface area contributed by atoms with Crippen LogP contribution in [0.3, 0.4) is 0 Å². The summed E-state index contributed by atoms with van der Waals surface area (Å²) in [6.07, 6.45) is 0. The van der Waals surface area contributed by atoms with E-state index in [0.717, 1.165) is 0 Å². The number of nitrogens with zero attached hydrogens (tertiary/aromatic N) is 2. The molecule has 0 amide bonds. The Morgan fingerprint density at radius 1 is 1.44 bits per heavy atom. The Bertz CT molecular complexity index is 792. The molecule has 1 aromatic carbocycles. The van der Waals surface area contributed by atoms with Crippen LogP contribution < -0.4 is 5.73 Å². The summed E-state index contributed by atoms with van der Waals surface area (Å²) in [5.74, 6) is -0.669. The largest absolute Gasteiger partial charge is 0.478 e.